The summed E-state index contributed by atoms with van der Waals surface area (Å²) in [6.07, 6.45) is 7.91. The first-order valence-corrected chi connectivity index (χ1v) is 12.3. The van der Waals surface area contributed by atoms with Crippen molar-refractivity contribution < 1.29 is 13.5 Å². The molecule has 2 fully saturated rings. The monoisotopic (exact) mass is 518 g/mol. The Labute approximate surface area is 219 Å². The van der Waals surface area contributed by atoms with Crippen LogP contribution in [0, 0.1) is 16.7 Å². The molecule has 2 N–H and O–H groups in total. The fourth-order valence-electron chi connectivity index (χ4n) is 4.72. The number of nitriles is 1. The molecule has 196 valence electrons. The average molecular weight is 519 g/mol. The molecule has 0 saturated carbocycles. The van der Waals surface area contributed by atoms with Gasteiger partial charge in [-0.15, -0.1) is 0 Å². The van der Waals surface area contributed by atoms with Gasteiger partial charge >= 0.3 is 0 Å². The molecule has 0 aliphatic carbocycles. The quantitative estimate of drug-likeness (QED) is 0.426. The summed E-state index contributed by atoms with van der Waals surface area (Å²) in [6, 6.07) is 9.77. The van der Waals surface area contributed by atoms with E-state index >= 15 is 0 Å². The number of dihydropyridines is 1. The van der Waals surface area contributed by atoms with Crippen molar-refractivity contribution in [3.63, 3.8) is 0 Å². The van der Waals surface area contributed by atoms with Crippen molar-refractivity contribution in [3.05, 3.63) is 77.0 Å². The predicted molar refractivity (Wildman–Crippen MR) is 140 cm³/mol. The maximum Gasteiger partial charge on any atom is 0.282 e. The van der Waals surface area contributed by atoms with E-state index in [-0.39, 0.29) is 18.7 Å². The number of allylic oxidation sites excluding steroid dienone is 3. The molecule has 38 heavy (non-hydrogen) atoms. The number of anilines is 1. The molecule has 0 atom stereocenters. The first-order chi connectivity index (χ1) is 18.4. The van der Waals surface area contributed by atoms with Crippen LogP contribution in [0.25, 0.3) is 5.57 Å². The van der Waals surface area contributed by atoms with Crippen molar-refractivity contribution in [2.75, 3.05) is 51.3 Å². The Morgan fingerprint density at radius 1 is 1.13 bits per heavy atom. The number of hydrogen-bond acceptors (Lipinski definition) is 9. The third-order valence-corrected chi connectivity index (χ3v) is 6.84. The number of rotatable bonds is 7. The van der Waals surface area contributed by atoms with Crippen molar-refractivity contribution in [1.82, 2.24) is 25.1 Å². The third kappa shape index (κ3) is 5.35. The summed E-state index contributed by atoms with van der Waals surface area (Å²) in [4.78, 5) is 15.1. The number of nitrogens with zero attached hydrogens (tertiary/aromatic N) is 6. The Balaban J connectivity index is 1.27. The highest BCUT2D eigenvalue weighted by molar-refractivity contribution is 5.93. The number of hydrogen-bond donors (Lipinski definition) is 2. The topological polar surface area (TPSA) is 104 Å². The Bertz CT molecular complexity index is 1310. The van der Waals surface area contributed by atoms with Gasteiger partial charge in [-0.05, 0) is 23.8 Å². The van der Waals surface area contributed by atoms with E-state index in [1.54, 1.807) is 30.5 Å². The minimum atomic E-state index is -2.70. The molecule has 0 radical (unpaired) electrons. The zero-order valence-corrected chi connectivity index (χ0v) is 21.0. The number of piperazine rings is 1. The average Bonchev–Trinajstić information content (AvgIpc) is 2.93. The van der Waals surface area contributed by atoms with Crippen molar-refractivity contribution >= 4 is 17.6 Å². The molecule has 0 aromatic carbocycles. The number of likely N-dealkylation sites (tertiary alicyclic amines) is 1. The first kappa shape index (κ1) is 25.4. The fraction of sp³-hybridized carbons (Fsp3) is 0.333. The fourth-order valence-corrected chi connectivity index (χ4v) is 4.72. The molecule has 2 saturated heterocycles. The van der Waals surface area contributed by atoms with Gasteiger partial charge in [0.1, 0.15) is 11.9 Å². The van der Waals surface area contributed by atoms with Crippen LogP contribution in [0.2, 0.25) is 0 Å². The van der Waals surface area contributed by atoms with E-state index in [2.05, 4.69) is 25.1 Å². The highest BCUT2D eigenvalue weighted by Gasteiger charge is 2.44. The lowest BCUT2D eigenvalue weighted by Crippen LogP contribution is -2.55. The SMILES string of the molecule is COc1ccc(CN2CCN(c3ccc(C4=CC(N5CC(F)(F)C5)=CN/C4=C(/C#N)C=N)cn3)CC2)cn1. The standard InChI is InChI=1S/C27H28F2N8O/c1-38-25-5-2-19(13-33-25)16-35-6-8-36(9-7-35)24-4-3-20(14-32-24)23-10-22(37-17-27(28,29)18-37)15-34-26(23)21(11-30)12-31/h2-5,10-11,13-15,30,34H,6-9,16-18H2,1H3/b26-21+,30-11?. The summed E-state index contributed by atoms with van der Waals surface area (Å²) in [5.74, 6) is -1.25. The van der Waals surface area contributed by atoms with Gasteiger partial charge in [-0.1, -0.05) is 6.07 Å². The largest absolute Gasteiger partial charge is 0.481 e. The van der Waals surface area contributed by atoms with Crippen LogP contribution in [0.5, 0.6) is 5.88 Å². The van der Waals surface area contributed by atoms with Crippen molar-refractivity contribution in [3.8, 4) is 11.9 Å². The molecular formula is C27H28F2N8O. The number of pyridine rings is 2. The van der Waals surface area contributed by atoms with Gasteiger partial charge in [0.15, 0.2) is 0 Å². The third-order valence-electron chi connectivity index (χ3n) is 6.84. The predicted octanol–water partition coefficient (Wildman–Crippen LogP) is 3.01. The van der Waals surface area contributed by atoms with Crippen LogP contribution in [0.1, 0.15) is 11.1 Å². The molecule has 2 aromatic heterocycles. The van der Waals surface area contributed by atoms with Crippen LogP contribution < -0.4 is 15.0 Å². The molecule has 0 amide bonds. The second-order valence-electron chi connectivity index (χ2n) is 9.41. The Hall–Kier alpha value is -4.30. The summed E-state index contributed by atoms with van der Waals surface area (Å²) in [7, 11) is 1.60. The van der Waals surface area contributed by atoms with Gasteiger partial charge in [0.2, 0.25) is 5.88 Å². The van der Waals surface area contributed by atoms with E-state index < -0.39 is 5.92 Å². The number of ether oxygens (including phenoxy) is 1. The summed E-state index contributed by atoms with van der Waals surface area (Å²) < 4.78 is 32.0. The minimum Gasteiger partial charge on any atom is -0.481 e. The lowest BCUT2D eigenvalue weighted by molar-refractivity contribution is -0.114. The second kappa shape index (κ2) is 10.6. The number of methoxy groups -OCH3 is 1. The molecule has 2 aromatic rings. The highest BCUT2D eigenvalue weighted by atomic mass is 19.3. The lowest BCUT2D eigenvalue weighted by atomic mass is 9.96. The van der Waals surface area contributed by atoms with E-state index in [0.717, 1.165) is 55.9 Å². The van der Waals surface area contributed by atoms with Gasteiger partial charge in [0, 0.05) is 74.7 Å². The van der Waals surface area contributed by atoms with E-state index in [1.807, 2.05) is 36.5 Å². The first-order valence-electron chi connectivity index (χ1n) is 12.3. The Kier molecular flexibility index (Phi) is 7.07. The van der Waals surface area contributed by atoms with E-state index in [4.69, 9.17) is 10.1 Å². The summed E-state index contributed by atoms with van der Waals surface area (Å²) in [5.41, 5.74) is 3.70. The van der Waals surface area contributed by atoms with E-state index in [9.17, 15) is 14.0 Å². The number of nitrogens with one attached hydrogen (secondary N) is 2. The highest BCUT2D eigenvalue weighted by Crippen LogP contribution is 2.35. The minimum absolute atomic E-state index is 0.146. The molecule has 0 bridgehead atoms. The van der Waals surface area contributed by atoms with Crippen molar-refractivity contribution in [2.24, 2.45) is 0 Å². The second-order valence-corrected chi connectivity index (χ2v) is 9.41. The van der Waals surface area contributed by atoms with E-state index in [0.29, 0.717) is 22.8 Å². The summed E-state index contributed by atoms with van der Waals surface area (Å²) >= 11 is 0. The lowest BCUT2D eigenvalue weighted by Gasteiger charge is -2.42. The summed E-state index contributed by atoms with van der Waals surface area (Å²) in [5, 5.41) is 20.2. The smallest absolute Gasteiger partial charge is 0.282 e. The van der Waals surface area contributed by atoms with Gasteiger partial charge in [0.25, 0.3) is 5.92 Å². The van der Waals surface area contributed by atoms with Crippen molar-refractivity contribution in [1.29, 1.82) is 10.7 Å². The van der Waals surface area contributed by atoms with Gasteiger partial charge < -0.3 is 25.3 Å². The van der Waals surface area contributed by atoms with Gasteiger partial charge in [0.05, 0.1) is 37.2 Å². The van der Waals surface area contributed by atoms with Gasteiger partial charge in [-0.3, -0.25) is 4.90 Å². The molecule has 5 heterocycles. The van der Waals surface area contributed by atoms with Crippen LogP contribution >= 0.6 is 0 Å². The molecule has 5 rings (SSSR count). The molecule has 3 aliphatic heterocycles. The number of aromatic nitrogens is 2. The van der Waals surface area contributed by atoms with Crippen LogP contribution in [0.4, 0.5) is 14.6 Å². The van der Waals surface area contributed by atoms with Gasteiger partial charge in [-0.2, -0.15) is 5.26 Å². The van der Waals surface area contributed by atoms with Crippen LogP contribution in [-0.2, 0) is 6.54 Å². The normalized spacial score (nSPS) is 20.4. The van der Waals surface area contributed by atoms with E-state index in [1.165, 1.54) is 0 Å². The number of halogens is 2. The zero-order chi connectivity index (χ0) is 26.7. The molecule has 0 unspecified atom stereocenters. The maximum atomic E-state index is 13.4. The van der Waals surface area contributed by atoms with Crippen LogP contribution in [0.15, 0.2) is 65.9 Å². The molecule has 11 heteroatoms. The van der Waals surface area contributed by atoms with Gasteiger partial charge in [-0.25, -0.2) is 18.7 Å². The maximum absolute atomic E-state index is 13.4. The molecule has 0 spiro atoms. The van der Waals surface area contributed by atoms with Crippen molar-refractivity contribution in [2.45, 2.75) is 12.5 Å². The Morgan fingerprint density at radius 2 is 1.92 bits per heavy atom. The zero-order valence-electron chi connectivity index (χ0n) is 21.0. The molecule has 9 nitrogen and oxygen atoms in total. The summed E-state index contributed by atoms with van der Waals surface area (Å²) in [6.45, 7) is 3.55. The Morgan fingerprint density at radius 3 is 2.50 bits per heavy atom. The van der Waals surface area contributed by atoms with Crippen LogP contribution in [-0.4, -0.2) is 78.3 Å². The molecule has 3 aliphatic rings. The number of alkyl halides is 2. The van der Waals surface area contributed by atoms with Crippen LogP contribution in [0.3, 0.4) is 0 Å². The molecular weight excluding hydrogens is 490 g/mol.